The molecule has 23 nitrogen and oxygen atoms in total. The van der Waals surface area contributed by atoms with E-state index in [1.165, 1.54) is 28.0 Å². The van der Waals surface area contributed by atoms with E-state index in [-0.39, 0.29) is 135 Å². The molecule has 6 fully saturated rings. The number of carboxylic acid groups (broad SMARTS) is 1. The summed E-state index contributed by atoms with van der Waals surface area (Å²) < 4.78 is 6.31. The van der Waals surface area contributed by atoms with Gasteiger partial charge in [-0.2, -0.15) is 0 Å². The first-order valence-electron chi connectivity index (χ1n) is 33.3. The minimum atomic E-state index is -1.78. The van der Waals surface area contributed by atoms with Crippen LogP contribution < -0.4 is 48.5 Å². The van der Waals surface area contributed by atoms with Gasteiger partial charge in [-0.05, 0) is 118 Å². The smallest absolute Gasteiger partial charge is 0.326 e. The molecule has 2 heterocycles. The fraction of sp³-hybridized carbons (Fsp3) is 0.444. The summed E-state index contributed by atoms with van der Waals surface area (Å²) in [7, 11) is 0. The van der Waals surface area contributed by atoms with Gasteiger partial charge in [-0.1, -0.05) is 121 Å². The molecule has 11 rings (SSSR count). The second kappa shape index (κ2) is 30.4. The Morgan fingerprint density at radius 3 is 1.24 bits per heavy atom. The molecule has 9 amide bonds. The third kappa shape index (κ3) is 16.3. The lowest BCUT2D eigenvalue weighted by Crippen LogP contribution is -2.57. The fourth-order valence-corrected chi connectivity index (χ4v) is 13.8. The Balaban J connectivity index is 0.896. The molecule has 14 atom stereocenters. The summed E-state index contributed by atoms with van der Waals surface area (Å²) in [5, 5.41) is 25.8. The van der Waals surface area contributed by atoms with E-state index in [0.717, 1.165) is 22.3 Å². The Morgan fingerprint density at radius 1 is 0.495 bits per heavy atom. The maximum Gasteiger partial charge on any atom is 0.326 e. The van der Waals surface area contributed by atoms with Crippen LogP contribution >= 0.6 is 0 Å². The van der Waals surface area contributed by atoms with Crippen molar-refractivity contribution in [2.75, 3.05) is 52.4 Å². The SMILES string of the molecule is NCCCC[C@H](NC(=O)CN)C(=O)N(C(=O)COc1cc(C(=O)N2C[C@@H](C(=O)N[C@H]3C[C@@H]3c3ccccc3)[C@H](C(=O)N[C@H]3C[C@@H]3c3ccccc3)C2)ccc1C(=O)N1C[C@@H](C(=O)N[C@H]2C[C@@H]2c2ccccc2)[C@H](C(=O)N[C@H]2C[C@@H]2c2ccccc2)C1)[C@@H](CCCCN)C(=O)O. The van der Waals surface area contributed by atoms with Gasteiger partial charge in [0, 0.05) is 79.6 Å². The highest BCUT2D eigenvalue weighted by Crippen LogP contribution is 2.45. The van der Waals surface area contributed by atoms with Crippen LogP contribution in [0, 0.1) is 23.7 Å². The fourth-order valence-electron chi connectivity index (χ4n) is 13.8. The predicted molar refractivity (Wildman–Crippen MR) is 351 cm³/mol. The van der Waals surface area contributed by atoms with Crippen LogP contribution in [-0.4, -0.2) is 168 Å². The molecule has 6 aliphatic rings. The average Bonchev–Trinajstić information content (AvgIpc) is 1.74. The number of unbranched alkanes of at least 4 members (excludes halogenated alkanes) is 2. The number of imide groups is 1. The molecular weight excluding hydrogens is 1210 g/mol. The van der Waals surface area contributed by atoms with E-state index in [4.69, 9.17) is 21.9 Å². The standard InChI is InChI=1S/C72H85N11O12/c73-29-15-13-25-56(76-63(84)36-75)71(92)83(61(72(93)94)26-14-16-30-74)64(85)41-95-62-31-46(69(90)81-37-52(65(86)77-57-32-48(57)42-17-5-1-6-18-42)53(38-81)66(87)78-58-33-49(58)43-19-7-2-8-20-43)27-28-47(62)70(91)82-39-54(67(88)79-59-34-50(59)44-21-9-3-10-22-44)55(40-82)68(89)80-60-35-51(60)45-23-11-4-12-24-45/h1-12,17-24,27-28,31,48-61H,13-16,25-26,29-30,32-41,73-75H2,(H,76,84)(H,77,86)(H,78,87)(H,79,88)(H,80,89)(H,93,94)/t48-,49-,50-,51-,52-,53-,54-,55-,56+,57+,58+,59+,60+,61+/m1/s1. The maximum atomic E-state index is 15.4. The highest BCUT2D eigenvalue weighted by atomic mass is 16.5. The minimum absolute atomic E-state index is 0.0359. The summed E-state index contributed by atoms with van der Waals surface area (Å²) in [6, 6.07) is 39.0. The van der Waals surface area contributed by atoms with Crippen molar-refractivity contribution in [2.24, 2.45) is 40.9 Å². The summed E-state index contributed by atoms with van der Waals surface area (Å²) in [5.74, 6) is -11.6. The number of hydrogen-bond acceptors (Lipinski definition) is 14. The zero-order chi connectivity index (χ0) is 66.9. The number of nitrogens with two attached hydrogens (primary N) is 3. The van der Waals surface area contributed by atoms with Gasteiger partial charge in [0.15, 0.2) is 6.61 Å². The van der Waals surface area contributed by atoms with Crippen LogP contribution in [0.4, 0.5) is 0 Å². The number of carbonyl (C=O) groups is 10. The van der Waals surface area contributed by atoms with Gasteiger partial charge in [0.05, 0.1) is 35.8 Å². The van der Waals surface area contributed by atoms with Crippen LogP contribution in [0.25, 0.3) is 0 Å². The van der Waals surface area contributed by atoms with Crippen molar-refractivity contribution < 1.29 is 57.8 Å². The lowest BCUT2D eigenvalue weighted by molar-refractivity contribution is -0.160. The Bertz CT molecular complexity index is 3470. The average molecular weight is 1300 g/mol. The number of nitrogens with one attached hydrogen (secondary N) is 5. The van der Waals surface area contributed by atoms with Gasteiger partial charge in [-0.15, -0.1) is 0 Å². The molecule has 0 bridgehead atoms. The number of ether oxygens (including phenoxy) is 1. The van der Waals surface area contributed by atoms with Crippen molar-refractivity contribution in [1.82, 2.24) is 41.3 Å². The van der Waals surface area contributed by atoms with Gasteiger partial charge in [0.1, 0.15) is 17.8 Å². The second-order valence-electron chi connectivity index (χ2n) is 26.2. The van der Waals surface area contributed by atoms with E-state index in [9.17, 15) is 43.5 Å². The van der Waals surface area contributed by atoms with E-state index in [0.29, 0.717) is 49.8 Å². The highest BCUT2D eigenvalue weighted by molar-refractivity contribution is 6.04. The molecule has 2 saturated heterocycles. The van der Waals surface area contributed by atoms with Crippen LogP contribution in [0.2, 0.25) is 0 Å². The number of hydrogen-bond donors (Lipinski definition) is 9. The van der Waals surface area contributed by atoms with Crippen LogP contribution in [-0.2, 0) is 38.4 Å². The topological polar surface area (TPSA) is 348 Å². The molecular formula is C72H85N11O12. The Hall–Kier alpha value is -9.32. The summed E-state index contributed by atoms with van der Waals surface area (Å²) in [5.41, 5.74) is 21.1. The largest absolute Gasteiger partial charge is 0.483 e. The molecule has 500 valence electrons. The van der Waals surface area contributed by atoms with Crippen molar-refractivity contribution >= 4 is 59.1 Å². The Labute approximate surface area is 552 Å². The molecule has 2 aliphatic heterocycles. The quantitative estimate of drug-likeness (QED) is 0.0297. The van der Waals surface area contributed by atoms with Gasteiger partial charge in [0.25, 0.3) is 23.6 Å². The molecule has 0 spiro atoms. The second-order valence-corrected chi connectivity index (χ2v) is 26.2. The van der Waals surface area contributed by atoms with Crippen molar-refractivity contribution in [1.29, 1.82) is 0 Å². The first-order chi connectivity index (χ1) is 46.0. The molecule has 0 aromatic heterocycles. The van der Waals surface area contributed by atoms with E-state index < -0.39 is 96.2 Å². The molecule has 12 N–H and O–H groups in total. The van der Waals surface area contributed by atoms with E-state index in [1.807, 2.05) is 121 Å². The highest BCUT2D eigenvalue weighted by Gasteiger charge is 2.52. The first kappa shape index (κ1) is 67.1. The number of aliphatic carboxylic acids is 1. The number of carboxylic acids is 1. The molecule has 0 unspecified atom stereocenters. The van der Waals surface area contributed by atoms with Crippen molar-refractivity contribution in [3.05, 3.63) is 173 Å². The van der Waals surface area contributed by atoms with Crippen LogP contribution in [0.3, 0.4) is 0 Å². The number of carbonyl (C=O) groups excluding carboxylic acids is 9. The molecule has 5 aromatic rings. The molecule has 4 saturated carbocycles. The van der Waals surface area contributed by atoms with Crippen LogP contribution in [0.1, 0.15) is 131 Å². The van der Waals surface area contributed by atoms with E-state index in [1.54, 1.807) is 0 Å². The number of amides is 9. The third-order valence-corrected chi connectivity index (χ3v) is 19.6. The zero-order valence-electron chi connectivity index (χ0n) is 53.1. The summed E-state index contributed by atoms with van der Waals surface area (Å²) in [6.45, 7) is -1.96. The molecule has 5 aromatic carbocycles. The number of likely N-dealkylation sites (tertiary alicyclic amines) is 2. The number of nitrogens with zero attached hydrogens (tertiary/aromatic N) is 3. The Kier molecular flexibility index (Phi) is 21.5. The van der Waals surface area contributed by atoms with E-state index >= 15 is 9.59 Å². The van der Waals surface area contributed by atoms with Gasteiger partial charge in [-0.25, -0.2) is 4.79 Å². The Morgan fingerprint density at radius 2 is 0.874 bits per heavy atom. The first-order valence-corrected chi connectivity index (χ1v) is 33.3. The lowest BCUT2D eigenvalue weighted by atomic mass is 9.94. The summed E-state index contributed by atoms with van der Waals surface area (Å²) in [4.78, 5) is 148. The van der Waals surface area contributed by atoms with Crippen LogP contribution in [0.15, 0.2) is 140 Å². The molecule has 0 radical (unpaired) electrons. The van der Waals surface area contributed by atoms with Crippen molar-refractivity contribution in [3.8, 4) is 5.75 Å². The molecule has 23 heteroatoms. The minimum Gasteiger partial charge on any atom is -0.483 e. The zero-order valence-corrected chi connectivity index (χ0v) is 53.1. The maximum absolute atomic E-state index is 15.4. The lowest BCUT2D eigenvalue weighted by Gasteiger charge is -2.31. The summed E-state index contributed by atoms with van der Waals surface area (Å²) in [6.07, 6.45) is 3.74. The van der Waals surface area contributed by atoms with Gasteiger partial charge >= 0.3 is 5.97 Å². The third-order valence-electron chi connectivity index (χ3n) is 19.6. The van der Waals surface area contributed by atoms with Gasteiger partial charge in [0.2, 0.25) is 29.5 Å². The van der Waals surface area contributed by atoms with Crippen molar-refractivity contribution in [2.45, 2.75) is 124 Å². The van der Waals surface area contributed by atoms with E-state index in [2.05, 4.69) is 26.6 Å². The van der Waals surface area contributed by atoms with Crippen molar-refractivity contribution in [3.63, 3.8) is 0 Å². The molecule has 95 heavy (non-hydrogen) atoms. The predicted octanol–water partition coefficient (Wildman–Crippen LogP) is 3.64. The van der Waals surface area contributed by atoms with Crippen LogP contribution in [0.5, 0.6) is 5.75 Å². The number of benzene rings is 5. The molecule has 4 aliphatic carbocycles. The van der Waals surface area contributed by atoms with Gasteiger partial charge < -0.3 is 63.4 Å². The van der Waals surface area contributed by atoms with Gasteiger partial charge in [-0.3, -0.25) is 48.1 Å². The normalized spacial score (nSPS) is 25.0. The monoisotopic (exact) mass is 1300 g/mol. The number of rotatable bonds is 30. The summed E-state index contributed by atoms with van der Waals surface area (Å²) >= 11 is 0.